The number of likely N-dealkylation sites (tertiary alicyclic amines) is 1. The molecule has 3 nitrogen and oxygen atoms in total. The van der Waals surface area contributed by atoms with Crippen molar-refractivity contribution in [3.63, 3.8) is 0 Å². The number of hydrogen-bond donors (Lipinski definition) is 0. The fourth-order valence-corrected chi connectivity index (χ4v) is 3.65. The molecule has 2 aromatic rings. The molecule has 0 bridgehead atoms. The maximum Gasteiger partial charge on any atom is 0.125 e. The van der Waals surface area contributed by atoms with Crippen LogP contribution in [-0.4, -0.2) is 34.1 Å². The highest BCUT2D eigenvalue weighted by Crippen LogP contribution is 2.32. The Hall–Kier alpha value is -0.580. The third-order valence-corrected chi connectivity index (χ3v) is 5.12. The molecule has 5 heteroatoms. The molecule has 0 spiro atoms. The van der Waals surface area contributed by atoms with E-state index in [0.29, 0.717) is 18.0 Å². The van der Waals surface area contributed by atoms with Gasteiger partial charge in [0.2, 0.25) is 0 Å². The summed E-state index contributed by atoms with van der Waals surface area (Å²) >= 11 is 9.68. The lowest BCUT2D eigenvalue weighted by molar-refractivity contribution is 0.157. The standard InChI is InChI=1S/C15H19BrClN3/c1-10-7-12(5-6-19(10)2)20-14-8-11(16)3-4-13(14)18-15(20)9-17/h3-4,8,10,12H,5-7,9H2,1-2H3. The van der Waals surface area contributed by atoms with E-state index in [-0.39, 0.29) is 0 Å². The molecule has 108 valence electrons. The van der Waals surface area contributed by atoms with E-state index in [2.05, 4.69) is 56.5 Å². The third kappa shape index (κ3) is 2.49. The van der Waals surface area contributed by atoms with Gasteiger partial charge in [0.15, 0.2) is 0 Å². The summed E-state index contributed by atoms with van der Waals surface area (Å²) in [5.74, 6) is 1.45. The predicted molar refractivity (Wildman–Crippen MR) is 87.4 cm³/mol. The van der Waals surface area contributed by atoms with Gasteiger partial charge in [0.1, 0.15) is 5.82 Å². The molecule has 0 amide bonds. The lowest BCUT2D eigenvalue weighted by atomic mass is 9.98. The molecule has 0 saturated carbocycles. The highest BCUT2D eigenvalue weighted by atomic mass is 79.9. The molecule has 1 fully saturated rings. The van der Waals surface area contributed by atoms with Crippen molar-refractivity contribution >= 4 is 38.6 Å². The molecule has 1 saturated heterocycles. The minimum atomic E-state index is 0.465. The molecule has 2 heterocycles. The lowest BCUT2D eigenvalue weighted by Gasteiger charge is -2.36. The van der Waals surface area contributed by atoms with Crippen LogP contribution in [0.3, 0.4) is 0 Å². The van der Waals surface area contributed by atoms with Crippen molar-refractivity contribution in [3.8, 4) is 0 Å². The van der Waals surface area contributed by atoms with Crippen molar-refractivity contribution in [2.45, 2.75) is 37.7 Å². The van der Waals surface area contributed by atoms with Crippen molar-refractivity contribution in [2.24, 2.45) is 0 Å². The highest BCUT2D eigenvalue weighted by Gasteiger charge is 2.26. The number of alkyl halides is 1. The van der Waals surface area contributed by atoms with Crippen LogP contribution in [0.2, 0.25) is 0 Å². The van der Waals surface area contributed by atoms with Crippen LogP contribution in [0.1, 0.15) is 31.6 Å². The second-order valence-corrected chi connectivity index (χ2v) is 6.86. The monoisotopic (exact) mass is 355 g/mol. The Balaban J connectivity index is 2.07. The van der Waals surface area contributed by atoms with E-state index in [1.54, 1.807) is 0 Å². The summed E-state index contributed by atoms with van der Waals surface area (Å²) < 4.78 is 3.45. The summed E-state index contributed by atoms with van der Waals surface area (Å²) in [6, 6.07) is 7.34. The maximum atomic E-state index is 6.12. The van der Waals surface area contributed by atoms with Crippen molar-refractivity contribution in [1.29, 1.82) is 0 Å². The van der Waals surface area contributed by atoms with Gasteiger partial charge in [-0.25, -0.2) is 4.98 Å². The van der Waals surface area contributed by atoms with E-state index in [9.17, 15) is 0 Å². The number of imidazole rings is 1. The van der Waals surface area contributed by atoms with E-state index in [1.807, 2.05) is 6.07 Å². The SMILES string of the molecule is CC1CC(n2c(CCl)nc3ccc(Br)cc32)CCN1C. The molecule has 0 aliphatic carbocycles. The minimum Gasteiger partial charge on any atom is -0.324 e. The Kier molecular flexibility index (Phi) is 4.07. The molecule has 1 aromatic carbocycles. The van der Waals surface area contributed by atoms with Gasteiger partial charge in [-0.1, -0.05) is 15.9 Å². The number of rotatable bonds is 2. The van der Waals surface area contributed by atoms with Crippen molar-refractivity contribution < 1.29 is 0 Å². The van der Waals surface area contributed by atoms with Gasteiger partial charge in [-0.2, -0.15) is 0 Å². The predicted octanol–water partition coefficient (Wildman–Crippen LogP) is 4.19. The van der Waals surface area contributed by atoms with E-state index in [1.165, 1.54) is 5.52 Å². The van der Waals surface area contributed by atoms with Crippen molar-refractivity contribution in [2.75, 3.05) is 13.6 Å². The zero-order valence-corrected chi connectivity index (χ0v) is 14.2. The van der Waals surface area contributed by atoms with Gasteiger partial charge >= 0.3 is 0 Å². The topological polar surface area (TPSA) is 21.1 Å². The fourth-order valence-electron chi connectivity index (χ4n) is 3.12. The van der Waals surface area contributed by atoms with Crippen LogP contribution in [0.15, 0.2) is 22.7 Å². The first-order chi connectivity index (χ1) is 9.60. The van der Waals surface area contributed by atoms with Crippen LogP contribution < -0.4 is 0 Å². The summed E-state index contributed by atoms with van der Waals surface area (Å²) in [5.41, 5.74) is 2.23. The van der Waals surface area contributed by atoms with E-state index >= 15 is 0 Å². The molecule has 0 N–H and O–H groups in total. The number of benzene rings is 1. The summed E-state index contributed by atoms with van der Waals surface area (Å²) in [7, 11) is 2.20. The Morgan fingerprint density at radius 1 is 1.45 bits per heavy atom. The Bertz CT molecular complexity index is 625. The Labute approximate surface area is 133 Å². The number of piperidine rings is 1. The largest absolute Gasteiger partial charge is 0.324 e. The average molecular weight is 357 g/mol. The van der Waals surface area contributed by atoms with Crippen LogP contribution in [0.25, 0.3) is 11.0 Å². The normalized spacial score (nSPS) is 24.4. The molecular weight excluding hydrogens is 338 g/mol. The van der Waals surface area contributed by atoms with Crippen LogP contribution in [0.4, 0.5) is 0 Å². The molecule has 1 aliphatic heterocycles. The van der Waals surface area contributed by atoms with E-state index < -0.39 is 0 Å². The molecular formula is C15H19BrClN3. The number of fused-ring (bicyclic) bond motifs is 1. The van der Waals surface area contributed by atoms with Crippen LogP contribution in [-0.2, 0) is 5.88 Å². The van der Waals surface area contributed by atoms with E-state index in [0.717, 1.165) is 35.2 Å². The number of halogens is 2. The second-order valence-electron chi connectivity index (χ2n) is 5.67. The summed E-state index contributed by atoms with van der Waals surface area (Å²) in [6.07, 6.45) is 2.31. The smallest absolute Gasteiger partial charge is 0.125 e. The average Bonchev–Trinajstić information content (AvgIpc) is 2.79. The van der Waals surface area contributed by atoms with Gasteiger partial charge in [-0.3, -0.25) is 0 Å². The number of hydrogen-bond acceptors (Lipinski definition) is 2. The van der Waals surface area contributed by atoms with Gasteiger partial charge in [-0.15, -0.1) is 11.6 Å². The summed E-state index contributed by atoms with van der Waals surface area (Å²) in [5, 5.41) is 0. The fraction of sp³-hybridized carbons (Fsp3) is 0.533. The first-order valence-electron chi connectivity index (χ1n) is 7.02. The molecule has 2 atom stereocenters. The van der Waals surface area contributed by atoms with Crippen molar-refractivity contribution in [3.05, 3.63) is 28.5 Å². The maximum absolute atomic E-state index is 6.12. The zero-order chi connectivity index (χ0) is 14.3. The molecule has 2 unspecified atom stereocenters. The van der Waals surface area contributed by atoms with Gasteiger partial charge < -0.3 is 9.47 Å². The Morgan fingerprint density at radius 3 is 2.95 bits per heavy atom. The Morgan fingerprint density at radius 2 is 2.25 bits per heavy atom. The molecule has 3 rings (SSSR count). The molecule has 0 radical (unpaired) electrons. The third-order valence-electron chi connectivity index (χ3n) is 4.39. The van der Waals surface area contributed by atoms with Crippen LogP contribution >= 0.6 is 27.5 Å². The first kappa shape index (κ1) is 14.4. The molecule has 20 heavy (non-hydrogen) atoms. The lowest BCUT2D eigenvalue weighted by Crippen LogP contribution is -2.38. The highest BCUT2D eigenvalue weighted by molar-refractivity contribution is 9.10. The second kappa shape index (κ2) is 5.66. The van der Waals surface area contributed by atoms with Crippen molar-refractivity contribution in [1.82, 2.24) is 14.5 Å². The van der Waals surface area contributed by atoms with Gasteiger partial charge in [0.25, 0.3) is 0 Å². The minimum absolute atomic E-state index is 0.465. The number of nitrogens with zero attached hydrogens (tertiary/aromatic N) is 3. The summed E-state index contributed by atoms with van der Waals surface area (Å²) in [4.78, 5) is 7.11. The van der Waals surface area contributed by atoms with Gasteiger partial charge in [-0.05, 0) is 45.0 Å². The van der Waals surface area contributed by atoms with Gasteiger partial charge in [0.05, 0.1) is 16.9 Å². The quantitative estimate of drug-likeness (QED) is 0.752. The first-order valence-corrected chi connectivity index (χ1v) is 8.35. The molecule has 1 aromatic heterocycles. The van der Waals surface area contributed by atoms with Gasteiger partial charge in [0, 0.05) is 23.1 Å². The van der Waals surface area contributed by atoms with Crippen LogP contribution in [0.5, 0.6) is 0 Å². The summed E-state index contributed by atoms with van der Waals surface area (Å²) in [6.45, 7) is 3.42. The van der Waals surface area contributed by atoms with Crippen LogP contribution in [0, 0.1) is 0 Å². The zero-order valence-electron chi connectivity index (χ0n) is 11.8. The molecule has 1 aliphatic rings. The number of aromatic nitrogens is 2. The van der Waals surface area contributed by atoms with E-state index in [4.69, 9.17) is 11.6 Å².